The molecule has 5 nitrogen and oxygen atoms in total. The van der Waals surface area contributed by atoms with Crippen molar-refractivity contribution in [3.8, 4) is 0 Å². The highest BCUT2D eigenvalue weighted by Gasteiger charge is 2.24. The van der Waals surface area contributed by atoms with Gasteiger partial charge in [0, 0.05) is 51.5 Å². The number of hydrogen-bond donors (Lipinski definition) is 1. The van der Waals surface area contributed by atoms with E-state index in [9.17, 15) is 4.79 Å². The van der Waals surface area contributed by atoms with Crippen LogP contribution < -0.4 is 10.2 Å². The van der Waals surface area contributed by atoms with E-state index in [1.54, 1.807) is 12.3 Å². The number of amides is 1. The van der Waals surface area contributed by atoms with Crippen LogP contribution in [0.5, 0.6) is 0 Å². The van der Waals surface area contributed by atoms with E-state index in [1.165, 1.54) is 0 Å². The van der Waals surface area contributed by atoms with Crippen molar-refractivity contribution in [3.05, 3.63) is 23.9 Å². The molecule has 1 atom stereocenters. The number of halogens is 2. The predicted octanol–water partition coefficient (Wildman–Crippen LogP) is 1.43. The van der Waals surface area contributed by atoms with E-state index in [1.807, 2.05) is 30.0 Å². The molecular weight excluding hydrogens is 299 g/mol. The summed E-state index contributed by atoms with van der Waals surface area (Å²) in [4.78, 5) is 20.5. The largest absolute Gasteiger partial charge is 0.363 e. The van der Waals surface area contributed by atoms with Gasteiger partial charge in [-0.05, 0) is 19.1 Å². The van der Waals surface area contributed by atoms with Crippen LogP contribution in [0.25, 0.3) is 0 Å². The van der Waals surface area contributed by atoms with Gasteiger partial charge in [0.2, 0.25) is 0 Å². The van der Waals surface area contributed by atoms with E-state index >= 15 is 0 Å². The third-order valence-corrected chi connectivity index (χ3v) is 3.21. The molecular formula is C13H22Cl2N4O. The average molecular weight is 321 g/mol. The lowest BCUT2D eigenvalue weighted by molar-refractivity contribution is 0.0655. The van der Waals surface area contributed by atoms with Crippen LogP contribution in [0.4, 0.5) is 5.82 Å². The summed E-state index contributed by atoms with van der Waals surface area (Å²) in [6.07, 6.45) is 1.69. The quantitative estimate of drug-likeness (QED) is 0.895. The van der Waals surface area contributed by atoms with Gasteiger partial charge in [-0.2, -0.15) is 0 Å². The molecule has 1 amide bonds. The van der Waals surface area contributed by atoms with Crippen molar-refractivity contribution in [3.63, 3.8) is 0 Å². The summed E-state index contributed by atoms with van der Waals surface area (Å²) in [5.74, 6) is 0.901. The molecule has 1 fully saturated rings. The minimum Gasteiger partial charge on any atom is -0.363 e. The fourth-order valence-corrected chi connectivity index (χ4v) is 2.10. The van der Waals surface area contributed by atoms with Crippen molar-refractivity contribution < 1.29 is 4.79 Å². The second-order valence-electron chi connectivity index (χ2n) is 4.85. The standard InChI is InChI=1S/C13H20N4O.2ClH/c1-10-9-14-6-7-17(10)13(18)11-4-5-15-12(8-11)16(2)3;;/h4-5,8,10,14H,6-7,9H2,1-3H3;2*1H/t10-;;/m1../s1. The molecule has 1 aromatic rings. The van der Waals surface area contributed by atoms with E-state index in [4.69, 9.17) is 0 Å². The van der Waals surface area contributed by atoms with Crippen molar-refractivity contribution in [2.24, 2.45) is 0 Å². The molecule has 1 aromatic heterocycles. The normalized spacial score (nSPS) is 17.8. The molecule has 20 heavy (non-hydrogen) atoms. The number of hydrogen-bond acceptors (Lipinski definition) is 4. The van der Waals surface area contributed by atoms with Crippen LogP contribution in [0.15, 0.2) is 18.3 Å². The summed E-state index contributed by atoms with van der Waals surface area (Å²) in [5.41, 5.74) is 0.711. The lowest BCUT2D eigenvalue weighted by Gasteiger charge is -2.34. The zero-order valence-corrected chi connectivity index (χ0v) is 13.6. The zero-order chi connectivity index (χ0) is 13.1. The van der Waals surface area contributed by atoms with Gasteiger partial charge in [0.05, 0.1) is 0 Å². The van der Waals surface area contributed by atoms with Crippen LogP contribution in [0, 0.1) is 0 Å². The molecule has 7 heteroatoms. The number of nitrogens with zero attached hydrogens (tertiary/aromatic N) is 3. The minimum atomic E-state index is 0. The summed E-state index contributed by atoms with van der Waals surface area (Å²) < 4.78 is 0. The highest BCUT2D eigenvalue weighted by molar-refractivity contribution is 5.95. The van der Waals surface area contributed by atoms with Crippen molar-refractivity contribution in [1.82, 2.24) is 15.2 Å². The lowest BCUT2D eigenvalue weighted by Crippen LogP contribution is -2.52. The number of aromatic nitrogens is 1. The van der Waals surface area contributed by atoms with E-state index < -0.39 is 0 Å². The Kier molecular flexibility index (Phi) is 7.86. The molecule has 0 bridgehead atoms. The van der Waals surface area contributed by atoms with Gasteiger partial charge in [0.25, 0.3) is 5.91 Å². The molecule has 0 radical (unpaired) electrons. The Hall–Kier alpha value is -1.04. The maximum atomic E-state index is 12.4. The van der Waals surface area contributed by atoms with Gasteiger partial charge < -0.3 is 15.1 Å². The van der Waals surface area contributed by atoms with E-state index in [0.717, 1.165) is 25.5 Å². The number of nitrogens with one attached hydrogen (secondary N) is 1. The molecule has 0 spiro atoms. The van der Waals surface area contributed by atoms with E-state index in [2.05, 4.69) is 17.2 Å². The topological polar surface area (TPSA) is 48.5 Å². The van der Waals surface area contributed by atoms with Crippen molar-refractivity contribution in [1.29, 1.82) is 0 Å². The second kappa shape index (κ2) is 8.29. The maximum absolute atomic E-state index is 12.4. The number of pyridine rings is 1. The Morgan fingerprint density at radius 2 is 2.15 bits per heavy atom. The second-order valence-corrected chi connectivity index (χ2v) is 4.85. The third kappa shape index (κ3) is 4.23. The van der Waals surface area contributed by atoms with Crippen LogP contribution in [-0.4, -0.2) is 55.6 Å². The number of anilines is 1. The van der Waals surface area contributed by atoms with Gasteiger partial charge in [0.15, 0.2) is 0 Å². The average Bonchev–Trinajstić information content (AvgIpc) is 2.38. The van der Waals surface area contributed by atoms with Gasteiger partial charge in [-0.1, -0.05) is 0 Å². The van der Waals surface area contributed by atoms with Crippen LogP contribution in [-0.2, 0) is 0 Å². The van der Waals surface area contributed by atoms with Crippen LogP contribution in [0.2, 0.25) is 0 Å². The Bertz CT molecular complexity index is 442. The maximum Gasteiger partial charge on any atom is 0.254 e. The number of carbonyl (C=O) groups is 1. The molecule has 2 rings (SSSR count). The van der Waals surface area contributed by atoms with Gasteiger partial charge in [-0.25, -0.2) is 4.98 Å². The predicted molar refractivity (Wildman–Crippen MR) is 86.4 cm³/mol. The summed E-state index contributed by atoms with van der Waals surface area (Å²) in [6.45, 7) is 4.55. The van der Waals surface area contributed by atoms with Gasteiger partial charge in [0.1, 0.15) is 5.82 Å². The zero-order valence-electron chi connectivity index (χ0n) is 12.0. The molecule has 0 aliphatic carbocycles. The smallest absolute Gasteiger partial charge is 0.254 e. The molecule has 114 valence electrons. The Balaban J connectivity index is 0.00000180. The van der Waals surface area contributed by atoms with Crippen molar-refractivity contribution in [2.75, 3.05) is 38.6 Å². The van der Waals surface area contributed by atoms with Gasteiger partial charge in [-0.15, -0.1) is 24.8 Å². The summed E-state index contributed by atoms with van der Waals surface area (Å²) in [5, 5.41) is 3.29. The first-order valence-electron chi connectivity index (χ1n) is 6.24. The first-order chi connectivity index (χ1) is 8.59. The molecule has 0 saturated carbocycles. The summed E-state index contributed by atoms with van der Waals surface area (Å²) >= 11 is 0. The number of piperazine rings is 1. The molecule has 0 aromatic carbocycles. The van der Waals surface area contributed by atoms with Gasteiger partial charge in [-0.3, -0.25) is 4.79 Å². The van der Waals surface area contributed by atoms with Crippen molar-refractivity contribution >= 4 is 36.5 Å². The Labute approximate surface area is 132 Å². The lowest BCUT2D eigenvalue weighted by atomic mass is 10.1. The molecule has 1 N–H and O–H groups in total. The van der Waals surface area contributed by atoms with Crippen LogP contribution in [0.1, 0.15) is 17.3 Å². The first kappa shape index (κ1) is 19.0. The fraction of sp³-hybridized carbons (Fsp3) is 0.538. The highest BCUT2D eigenvalue weighted by Crippen LogP contribution is 2.14. The van der Waals surface area contributed by atoms with Gasteiger partial charge >= 0.3 is 0 Å². The molecule has 1 saturated heterocycles. The monoisotopic (exact) mass is 320 g/mol. The molecule has 2 heterocycles. The number of carbonyl (C=O) groups excluding carboxylic acids is 1. The molecule has 0 unspecified atom stereocenters. The SMILES string of the molecule is C[C@@H]1CNCCN1C(=O)c1ccnc(N(C)C)c1.Cl.Cl. The molecule has 1 aliphatic rings. The minimum absolute atomic E-state index is 0. The fourth-order valence-electron chi connectivity index (χ4n) is 2.10. The van der Waals surface area contributed by atoms with Crippen LogP contribution >= 0.6 is 24.8 Å². The number of rotatable bonds is 2. The van der Waals surface area contributed by atoms with E-state index in [-0.39, 0.29) is 36.8 Å². The summed E-state index contributed by atoms with van der Waals surface area (Å²) in [6, 6.07) is 3.86. The Morgan fingerprint density at radius 3 is 2.75 bits per heavy atom. The molecule has 1 aliphatic heterocycles. The Morgan fingerprint density at radius 1 is 1.45 bits per heavy atom. The van der Waals surface area contributed by atoms with Crippen molar-refractivity contribution in [2.45, 2.75) is 13.0 Å². The summed E-state index contributed by atoms with van der Waals surface area (Å²) in [7, 11) is 3.84. The first-order valence-corrected chi connectivity index (χ1v) is 6.24. The highest BCUT2D eigenvalue weighted by atomic mass is 35.5. The third-order valence-electron chi connectivity index (χ3n) is 3.21. The van der Waals surface area contributed by atoms with E-state index in [0.29, 0.717) is 5.56 Å². The van der Waals surface area contributed by atoms with Crippen LogP contribution in [0.3, 0.4) is 0 Å².